The lowest BCUT2D eigenvalue weighted by Gasteiger charge is -2.35. The van der Waals surface area contributed by atoms with Gasteiger partial charge in [-0.3, -0.25) is 0 Å². The zero-order chi connectivity index (χ0) is 25.7. The van der Waals surface area contributed by atoms with Crippen LogP contribution in [0, 0.1) is 5.92 Å². The van der Waals surface area contributed by atoms with Crippen molar-refractivity contribution in [3.05, 3.63) is 108 Å². The van der Waals surface area contributed by atoms with Crippen LogP contribution in [0.1, 0.15) is 42.9 Å². The molecule has 0 radical (unpaired) electrons. The van der Waals surface area contributed by atoms with Gasteiger partial charge in [-0.1, -0.05) is 97.9 Å². The second-order valence-corrected chi connectivity index (χ2v) is 9.89. The van der Waals surface area contributed by atoms with Gasteiger partial charge in [0.15, 0.2) is 0 Å². The number of rotatable bonds is 15. The van der Waals surface area contributed by atoms with Crippen molar-refractivity contribution >= 4 is 0 Å². The number of ether oxygens (including phenoxy) is 4. The van der Waals surface area contributed by atoms with Gasteiger partial charge >= 0.3 is 0 Å². The van der Waals surface area contributed by atoms with Gasteiger partial charge in [0.25, 0.3) is 0 Å². The van der Waals surface area contributed by atoms with Crippen molar-refractivity contribution in [3.8, 4) is 0 Å². The molecule has 1 aliphatic heterocycles. The molecule has 37 heavy (non-hydrogen) atoms. The molecule has 198 valence electrons. The zero-order valence-electron chi connectivity index (χ0n) is 21.8. The molecule has 0 bridgehead atoms. The van der Waals surface area contributed by atoms with Crippen LogP contribution in [-0.4, -0.2) is 42.7 Å². The van der Waals surface area contributed by atoms with Crippen molar-refractivity contribution < 1.29 is 24.1 Å². The van der Waals surface area contributed by atoms with Gasteiger partial charge in [-0.25, -0.2) is 0 Å². The summed E-state index contributed by atoms with van der Waals surface area (Å²) in [5.41, 5.74) is 3.39. The van der Waals surface area contributed by atoms with E-state index in [4.69, 9.17) is 18.9 Å². The summed E-state index contributed by atoms with van der Waals surface area (Å²) in [4.78, 5) is 0. The Balaban J connectivity index is 1.43. The van der Waals surface area contributed by atoms with E-state index in [1.807, 2.05) is 54.6 Å². The molecule has 0 aromatic heterocycles. The fourth-order valence-corrected chi connectivity index (χ4v) is 4.88. The maximum atomic E-state index is 9.71. The highest BCUT2D eigenvalue weighted by molar-refractivity contribution is 5.15. The highest BCUT2D eigenvalue weighted by Crippen LogP contribution is 2.31. The maximum absolute atomic E-state index is 9.71. The first-order valence-corrected chi connectivity index (χ1v) is 13.4. The minimum absolute atomic E-state index is 0.0273. The molecule has 1 heterocycles. The predicted octanol–water partition coefficient (Wildman–Crippen LogP) is 5.94. The van der Waals surface area contributed by atoms with Crippen LogP contribution in [0.4, 0.5) is 0 Å². The Kier molecular flexibility index (Phi) is 11.2. The van der Waals surface area contributed by atoms with Crippen LogP contribution in [0.15, 0.2) is 91.0 Å². The van der Waals surface area contributed by atoms with E-state index >= 15 is 0 Å². The summed E-state index contributed by atoms with van der Waals surface area (Å²) in [5, 5.41) is 9.71. The van der Waals surface area contributed by atoms with Crippen molar-refractivity contribution in [2.24, 2.45) is 5.92 Å². The maximum Gasteiger partial charge on any atom is 0.110 e. The first-order valence-electron chi connectivity index (χ1n) is 13.4. The standard InChI is InChI=1S/C32H40O5/c1-25(19-20-33)31(35-22-27-13-7-3-8-14-27)32(36-23-28-15-9-4-10-16-28)30-18-17-29(37-30)24-34-21-26-11-5-2-6-12-26/h2-16,25,29-33H,17-24H2,1H3/t25-,29-,30+,31-,32-/m1/s1. The summed E-state index contributed by atoms with van der Waals surface area (Å²) in [6.45, 7) is 4.34. The molecule has 4 rings (SSSR count). The van der Waals surface area contributed by atoms with Crippen LogP contribution in [0.3, 0.4) is 0 Å². The molecule has 3 aromatic rings. The van der Waals surface area contributed by atoms with Crippen LogP contribution in [-0.2, 0) is 38.8 Å². The number of hydrogen-bond donors (Lipinski definition) is 1. The number of aliphatic hydroxyl groups is 1. The number of benzene rings is 3. The summed E-state index contributed by atoms with van der Waals surface area (Å²) in [5.74, 6) is 0.103. The second-order valence-electron chi connectivity index (χ2n) is 9.89. The van der Waals surface area contributed by atoms with E-state index in [-0.39, 0.29) is 36.9 Å². The third kappa shape index (κ3) is 8.77. The fourth-order valence-electron chi connectivity index (χ4n) is 4.88. The van der Waals surface area contributed by atoms with Crippen LogP contribution in [0.2, 0.25) is 0 Å². The topological polar surface area (TPSA) is 57.2 Å². The number of aliphatic hydroxyl groups excluding tert-OH is 1. The first kappa shape index (κ1) is 27.5. The van der Waals surface area contributed by atoms with E-state index in [0.717, 1.165) is 29.5 Å². The lowest BCUT2D eigenvalue weighted by molar-refractivity contribution is -0.163. The van der Waals surface area contributed by atoms with Crippen molar-refractivity contribution in [2.45, 2.75) is 70.4 Å². The highest BCUT2D eigenvalue weighted by Gasteiger charge is 2.40. The molecule has 1 saturated heterocycles. The van der Waals surface area contributed by atoms with Crippen LogP contribution >= 0.6 is 0 Å². The molecule has 0 aliphatic carbocycles. The predicted molar refractivity (Wildman–Crippen MR) is 145 cm³/mol. The van der Waals surface area contributed by atoms with E-state index in [0.29, 0.717) is 32.8 Å². The zero-order valence-corrected chi connectivity index (χ0v) is 21.8. The molecule has 1 aliphatic rings. The monoisotopic (exact) mass is 504 g/mol. The van der Waals surface area contributed by atoms with E-state index in [9.17, 15) is 5.11 Å². The summed E-state index contributed by atoms with van der Waals surface area (Å²) >= 11 is 0. The molecule has 3 aromatic carbocycles. The minimum Gasteiger partial charge on any atom is -0.396 e. The molecule has 0 spiro atoms. The Morgan fingerprint density at radius 1 is 0.757 bits per heavy atom. The minimum atomic E-state index is -0.260. The molecule has 5 nitrogen and oxygen atoms in total. The lowest BCUT2D eigenvalue weighted by atomic mass is 9.92. The van der Waals surface area contributed by atoms with Gasteiger partial charge in [0, 0.05) is 6.61 Å². The summed E-state index contributed by atoms with van der Waals surface area (Å²) in [6.07, 6.45) is 1.89. The van der Waals surface area contributed by atoms with Gasteiger partial charge in [0.1, 0.15) is 6.10 Å². The fraction of sp³-hybridized carbons (Fsp3) is 0.438. The van der Waals surface area contributed by atoms with Gasteiger partial charge in [-0.2, -0.15) is 0 Å². The lowest BCUT2D eigenvalue weighted by Crippen LogP contribution is -2.45. The molecule has 5 heteroatoms. The van der Waals surface area contributed by atoms with Gasteiger partial charge < -0.3 is 24.1 Å². The summed E-state index contributed by atoms with van der Waals surface area (Å²) in [7, 11) is 0. The SMILES string of the molecule is C[C@H](CCO)[C@@H](OCc1ccccc1)[C@H](OCc1ccccc1)[C@@H]1CC[C@H](COCc2ccccc2)O1. The highest BCUT2D eigenvalue weighted by atomic mass is 16.6. The molecule has 1 N–H and O–H groups in total. The van der Waals surface area contributed by atoms with Crippen LogP contribution in [0.25, 0.3) is 0 Å². The van der Waals surface area contributed by atoms with E-state index in [1.165, 1.54) is 0 Å². The Morgan fingerprint density at radius 3 is 1.86 bits per heavy atom. The normalized spacial score (nSPS) is 19.9. The van der Waals surface area contributed by atoms with Crippen molar-refractivity contribution in [2.75, 3.05) is 13.2 Å². The van der Waals surface area contributed by atoms with E-state index < -0.39 is 0 Å². The van der Waals surface area contributed by atoms with E-state index in [1.54, 1.807) is 0 Å². The quantitative estimate of drug-likeness (QED) is 0.278. The molecule has 0 saturated carbocycles. The van der Waals surface area contributed by atoms with Crippen molar-refractivity contribution in [1.82, 2.24) is 0 Å². The molecular formula is C32H40O5. The average Bonchev–Trinajstić information content (AvgIpc) is 3.41. The summed E-state index contributed by atoms with van der Waals surface area (Å²) < 4.78 is 25.6. The molecular weight excluding hydrogens is 464 g/mol. The largest absolute Gasteiger partial charge is 0.396 e. The summed E-state index contributed by atoms with van der Waals surface area (Å²) in [6, 6.07) is 30.6. The molecule has 1 fully saturated rings. The van der Waals surface area contributed by atoms with Gasteiger partial charge in [-0.05, 0) is 41.9 Å². The third-order valence-corrected chi connectivity index (χ3v) is 6.96. The molecule has 5 atom stereocenters. The molecule has 0 amide bonds. The Bertz CT molecular complexity index is 997. The van der Waals surface area contributed by atoms with E-state index in [2.05, 4.69) is 43.3 Å². The molecule has 0 unspecified atom stereocenters. The van der Waals surface area contributed by atoms with Crippen molar-refractivity contribution in [1.29, 1.82) is 0 Å². The Labute approximate surface area is 221 Å². The number of hydrogen-bond acceptors (Lipinski definition) is 5. The smallest absolute Gasteiger partial charge is 0.110 e. The average molecular weight is 505 g/mol. The first-order chi connectivity index (χ1) is 18.2. The second kappa shape index (κ2) is 15.0. The third-order valence-electron chi connectivity index (χ3n) is 6.96. The van der Waals surface area contributed by atoms with Gasteiger partial charge in [-0.15, -0.1) is 0 Å². The van der Waals surface area contributed by atoms with Crippen molar-refractivity contribution in [3.63, 3.8) is 0 Å². The van der Waals surface area contributed by atoms with Gasteiger partial charge in [0.2, 0.25) is 0 Å². The van der Waals surface area contributed by atoms with Crippen LogP contribution < -0.4 is 0 Å². The Hall–Kier alpha value is -2.54. The Morgan fingerprint density at radius 2 is 1.30 bits per heavy atom. The van der Waals surface area contributed by atoms with Gasteiger partial charge in [0.05, 0.1) is 44.7 Å². The van der Waals surface area contributed by atoms with Crippen LogP contribution in [0.5, 0.6) is 0 Å².